The van der Waals surface area contributed by atoms with Gasteiger partial charge in [-0.3, -0.25) is 0 Å². The SMILES string of the molecule is CC1(c2ccc3c(c2)Cc2ccccc2-3)CC1CO. The van der Waals surface area contributed by atoms with E-state index in [2.05, 4.69) is 49.4 Å². The van der Waals surface area contributed by atoms with Crippen LogP contribution in [0.4, 0.5) is 0 Å². The van der Waals surface area contributed by atoms with Gasteiger partial charge in [-0.15, -0.1) is 0 Å². The van der Waals surface area contributed by atoms with Crippen molar-refractivity contribution in [2.75, 3.05) is 6.61 Å². The fourth-order valence-corrected chi connectivity index (χ4v) is 3.57. The summed E-state index contributed by atoms with van der Waals surface area (Å²) in [5, 5.41) is 9.34. The molecule has 0 aliphatic heterocycles. The molecule has 0 spiro atoms. The molecule has 0 aromatic heterocycles. The van der Waals surface area contributed by atoms with Crippen LogP contribution in [0.2, 0.25) is 0 Å². The summed E-state index contributed by atoms with van der Waals surface area (Å²) in [6, 6.07) is 15.6. The lowest BCUT2D eigenvalue weighted by Gasteiger charge is -2.13. The molecule has 0 saturated heterocycles. The predicted molar refractivity (Wildman–Crippen MR) is 77.2 cm³/mol. The molecule has 0 radical (unpaired) electrons. The molecule has 2 aliphatic rings. The van der Waals surface area contributed by atoms with Crippen LogP contribution in [0.3, 0.4) is 0 Å². The van der Waals surface area contributed by atoms with Crippen molar-refractivity contribution in [2.45, 2.75) is 25.2 Å². The molecule has 1 fully saturated rings. The Labute approximate surface area is 113 Å². The number of benzene rings is 2. The summed E-state index contributed by atoms with van der Waals surface area (Å²) in [4.78, 5) is 0. The van der Waals surface area contributed by atoms with Gasteiger partial charge in [-0.2, -0.15) is 0 Å². The van der Waals surface area contributed by atoms with Gasteiger partial charge in [0.2, 0.25) is 0 Å². The van der Waals surface area contributed by atoms with Crippen LogP contribution in [0.1, 0.15) is 30.0 Å². The van der Waals surface area contributed by atoms with Crippen LogP contribution in [0.15, 0.2) is 42.5 Å². The van der Waals surface area contributed by atoms with Crippen LogP contribution < -0.4 is 0 Å². The number of hydrogen-bond donors (Lipinski definition) is 1. The van der Waals surface area contributed by atoms with E-state index in [-0.39, 0.29) is 5.41 Å². The quantitative estimate of drug-likeness (QED) is 0.737. The summed E-state index contributed by atoms with van der Waals surface area (Å²) in [5.41, 5.74) is 7.28. The third-order valence-electron chi connectivity index (χ3n) is 5.08. The lowest BCUT2D eigenvalue weighted by molar-refractivity contribution is 0.265. The average molecular weight is 250 g/mol. The van der Waals surface area contributed by atoms with E-state index in [0.29, 0.717) is 12.5 Å². The van der Waals surface area contributed by atoms with Crippen LogP contribution in [-0.2, 0) is 11.8 Å². The smallest absolute Gasteiger partial charge is 0.0468 e. The minimum atomic E-state index is 0.207. The Kier molecular flexibility index (Phi) is 2.19. The Hall–Kier alpha value is -1.60. The second-order valence-electron chi connectivity index (χ2n) is 6.21. The highest BCUT2D eigenvalue weighted by molar-refractivity contribution is 5.77. The zero-order valence-electron chi connectivity index (χ0n) is 11.2. The summed E-state index contributed by atoms with van der Waals surface area (Å²) in [6.45, 7) is 2.59. The first-order chi connectivity index (χ1) is 9.22. The molecule has 2 unspecified atom stereocenters. The molecule has 1 saturated carbocycles. The van der Waals surface area contributed by atoms with Crippen molar-refractivity contribution >= 4 is 0 Å². The maximum atomic E-state index is 9.34. The normalized spacial score (nSPS) is 26.9. The summed E-state index contributed by atoms with van der Waals surface area (Å²) in [5.74, 6) is 0.453. The maximum absolute atomic E-state index is 9.34. The number of aliphatic hydroxyl groups is 1. The van der Waals surface area contributed by atoms with E-state index in [1.54, 1.807) is 0 Å². The molecule has 2 aliphatic carbocycles. The average Bonchev–Trinajstić information content (AvgIpc) is 2.98. The molecular weight excluding hydrogens is 232 g/mol. The second kappa shape index (κ2) is 3.71. The minimum Gasteiger partial charge on any atom is -0.396 e. The summed E-state index contributed by atoms with van der Waals surface area (Å²) >= 11 is 0. The van der Waals surface area contributed by atoms with Crippen molar-refractivity contribution in [3.05, 3.63) is 59.2 Å². The van der Waals surface area contributed by atoms with E-state index in [9.17, 15) is 5.11 Å². The van der Waals surface area contributed by atoms with E-state index < -0.39 is 0 Å². The molecule has 19 heavy (non-hydrogen) atoms. The first-order valence-electron chi connectivity index (χ1n) is 7.05. The third-order valence-corrected chi connectivity index (χ3v) is 5.08. The van der Waals surface area contributed by atoms with E-state index in [4.69, 9.17) is 0 Å². The molecule has 1 heteroatoms. The van der Waals surface area contributed by atoms with Crippen LogP contribution in [0.5, 0.6) is 0 Å². The van der Waals surface area contributed by atoms with Crippen molar-refractivity contribution in [3.63, 3.8) is 0 Å². The van der Waals surface area contributed by atoms with Crippen molar-refractivity contribution < 1.29 is 5.11 Å². The molecule has 1 nitrogen and oxygen atoms in total. The van der Waals surface area contributed by atoms with Crippen LogP contribution in [0.25, 0.3) is 11.1 Å². The molecule has 2 atom stereocenters. The Morgan fingerprint density at radius 3 is 2.68 bits per heavy atom. The van der Waals surface area contributed by atoms with Crippen LogP contribution >= 0.6 is 0 Å². The first kappa shape index (κ1) is 11.2. The van der Waals surface area contributed by atoms with E-state index in [0.717, 1.165) is 12.8 Å². The molecule has 0 heterocycles. The van der Waals surface area contributed by atoms with Gasteiger partial charge in [0, 0.05) is 6.61 Å². The van der Waals surface area contributed by atoms with Gasteiger partial charge in [0.25, 0.3) is 0 Å². The summed E-state index contributed by atoms with van der Waals surface area (Å²) in [6.07, 6.45) is 2.18. The molecule has 4 rings (SSSR count). The van der Waals surface area contributed by atoms with E-state index in [1.165, 1.54) is 27.8 Å². The number of aliphatic hydroxyl groups excluding tert-OH is 1. The minimum absolute atomic E-state index is 0.207. The Morgan fingerprint density at radius 1 is 1.11 bits per heavy atom. The van der Waals surface area contributed by atoms with Crippen molar-refractivity contribution in [1.82, 2.24) is 0 Å². The molecule has 2 aromatic carbocycles. The second-order valence-corrected chi connectivity index (χ2v) is 6.21. The van der Waals surface area contributed by atoms with E-state index in [1.807, 2.05) is 0 Å². The van der Waals surface area contributed by atoms with Crippen LogP contribution in [0, 0.1) is 5.92 Å². The molecule has 0 bridgehead atoms. The van der Waals surface area contributed by atoms with Crippen LogP contribution in [-0.4, -0.2) is 11.7 Å². The number of rotatable bonds is 2. The Balaban J connectivity index is 1.77. The highest BCUT2D eigenvalue weighted by Gasteiger charge is 2.50. The van der Waals surface area contributed by atoms with E-state index >= 15 is 0 Å². The zero-order chi connectivity index (χ0) is 13.0. The lowest BCUT2D eigenvalue weighted by Crippen LogP contribution is -2.07. The van der Waals surface area contributed by atoms with Crippen molar-refractivity contribution in [2.24, 2.45) is 5.92 Å². The third kappa shape index (κ3) is 1.51. The molecule has 0 amide bonds. The van der Waals surface area contributed by atoms with Gasteiger partial charge in [-0.25, -0.2) is 0 Å². The number of fused-ring (bicyclic) bond motifs is 3. The van der Waals surface area contributed by atoms with Gasteiger partial charge in [-0.05, 0) is 52.0 Å². The van der Waals surface area contributed by atoms with Gasteiger partial charge in [0.15, 0.2) is 0 Å². The van der Waals surface area contributed by atoms with Gasteiger partial charge < -0.3 is 5.11 Å². The maximum Gasteiger partial charge on any atom is 0.0468 e. The summed E-state index contributed by atoms with van der Waals surface area (Å²) in [7, 11) is 0. The monoisotopic (exact) mass is 250 g/mol. The Morgan fingerprint density at radius 2 is 1.89 bits per heavy atom. The van der Waals surface area contributed by atoms with Crippen molar-refractivity contribution in [3.8, 4) is 11.1 Å². The van der Waals surface area contributed by atoms with Crippen molar-refractivity contribution in [1.29, 1.82) is 0 Å². The highest BCUT2D eigenvalue weighted by Crippen LogP contribution is 2.54. The fraction of sp³-hybridized carbons (Fsp3) is 0.333. The van der Waals surface area contributed by atoms with Gasteiger partial charge in [0.05, 0.1) is 0 Å². The van der Waals surface area contributed by atoms with Gasteiger partial charge in [-0.1, -0.05) is 49.4 Å². The lowest BCUT2D eigenvalue weighted by atomic mass is 9.92. The topological polar surface area (TPSA) is 20.2 Å². The standard InChI is InChI=1S/C18H18O/c1-18(10-15(18)11-19)14-6-7-17-13(9-14)8-12-4-2-3-5-16(12)17/h2-7,9,15,19H,8,10-11H2,1H3. The van der Waals surface area contributed by atoms with Gasteiger partial charge >= 0.3 is 0 Å². The highest BCUT2D eigenvalue weighted by atomic mass is 16.3. The molecule has 96 valence electrons. The fourth-order valence-electron chi connectivity index (χ4n) is 3.57. The predicted octanol–water partition coefficient (Wildman–Crippen LogP) is 3.53. The number of hydrogen-bond acceptors (Lipinski definition) is 1. The largest absolute Gasteiger partial charge is 0.396 e. The summed E-state index contributed by atoms with van der Waals surface area (Å²) < 4.78 is 0. The van der Waals surface area contributed by atoms with Gasteiger partial charge in [0.1, 0.15) is 0 Å². The molecule has 1 N–H and O–H groups in total. The first-order valence-corrected chi connectivity index (χ1v) is 7.05. The zero-order valence-corrected chi connectivity index (χ0v) is 11.2. The molecular formula is C18H18O. The molecule has 2 aromatic rings. The Bertz CT molecular complexity index is 658.